The third kappa shape index (κ3) is 3.13. The van der Waals surface area contributed by atoms with Crippen molar-refractivity contribution in [3.63, 3.8) is 0 Å². The molecule has 1 atom stereocenters. The van der Waals surface area contributed by atoms with Crippen LogP contribution in [0.5, 0.6) is 0 Å². The Kier molecular flexibility index (Phi) is 5.15. The Labute approximate surface area is 129 Å². The summed E-state index contributed by atoms with van der Waals surface area (Å²) in [5.41, 5.74) is -0.280. The van der Waals surface area contributed by atoms with Gasteiger partial charge in [-0.05, 0) is 38.1 Å². The zero-order chi connectivity index (χ0) is 16.3. The summed E-state index contributed by atoms with van der Waals surface area (Å²) in [6.07, 6.45) is 1.50. The highest BCUT2D eigenvalue weighted by molar-refractivity contribution is 7.89. The molecule has 1 unspecified atom stereocenters. The van der Waals surface area contributed by atoms with Crippen LogP contribution in [0.3, 0.4) is 0 Å². The molecule has 2 rings (SSSR count). The second-order valence-electron chi connectivity index (χ2n) is 5.10. The molecular formula is C14H19FN2O4S. The van der Waals surface area contributed by atoms with Crippen LogP contribution in [0.25, 0.3) is 0 Å². The molecule has 1 aliphatic heterocycles. The lowest BCUT2D eigenvalue weighted by atomic mass is 10.2. The number of sulfonamides is 1. The standard InChI is InChI=1S/C14H19FN2O4S/c1-16-9-11-4-3-7-17(11)22(19,20)13-6-5-10(15)8-12(13)14(18)21-2/h5-6,8,11,16H,3-4,7,9H2,1-2H3. The fraction of sp³-hybridized carbons (Fsp3) is 0.500. The van der Waals surface area contributed by atoms with Crippen LogP contribution in [0.15, 0.2) is 23.1 Å². The van der Waals surface area contributed by atoms with Gasteiger partial charge in [0.15, 0.2) is 0 Å². The van der Waals surface area contributed by atoms with Crippen LogP contribution in [0.4, 0.5) is 4.39 Å². The molecule has 1 aromatic carbocycles. The molecule has 6 nitrogen and oxygen atoms in total. The second-order valence-corrected chi connectivity index (χ2v) is 6.96. The van der Waals surface area contributed by atoms with Crippen molar-refractivity contribution in [1.29, 1.82) is 0 Å². The molecule has 1 heterocycles. The van der Waals surface area contributed by atoms with Gasteiger partial charge in [-0.15, -0.1) is 0 Å². The Morgan fingerprint density at radius 1 is 1.50 bits per heavy atom. The lowest BCUT2D eigenvalue weighted by Gasteiger charge is -2.24. The van der Waals surface area contributed by atoms with Crippen molar-refractivity contribution in [3.8, 4) is 0 Å². The summed E-state index contributed by atoms with van der Waals surface area (Å²) < 4.78 is 45.0. The molecule has 0 spiro atoms. The van der Waals surface area contributed by atoms with E-state index in [1.54, 1.807) is 7.05 Å². The van der Waals surface area contributed by atoms with E-state index in [9.17, 15) is 17.6 Å². The van der Waals surface area contributed by atoms with Crippen molar-refractivity contribution in [2.45, 2.75) is 23.8 Å². The van der Waals surface area contributed by atoms with Crippen molar-refractivity contribution in [2.75, 3.05) is 27.2 Å². The molecule has 1 fully saturated rings. The van der Waals surface area contributed by atoms with Gasteiger partial charge in [-0.2, -0.15) is 4.31 Å². The van der Waals surface area contributed by atoms with Gasteiger partial charge >= 0.3 is 5.97 Å². The number of hydrogen-bond donors (Lipinski definition) is 1. The van der Waals surface area contributed by atoms with E-state index in [4.69, 9.17) is 0 Å². The highest BCUT2D eigenvalue weighted by Gasteiger charge is 2.37. The van der Waals surface area contributed by atoms with E-state index < -0.39 is 21.8 Å². The van der Waals surface area contributed by atoms with E-state index in [0.29, 0.717) is 13.1 Å². The molecule has 122 valence electrons. The number of rotatable bonds is 5. The zero-order valence-electron chi connectivity index (χ0n) is 12.5. The smallest absolute Gasteiger partial charge is 0.339 e. The first-order valence-electron chi connectivity index (χ1n) is 6.96. The predicted molar refractivity (Wildman–Crippen MR) is 78.6 cm³/mol. The molecule has 1 saturated heterocycles. The number of likely N-dealkylation sites (N-methyl/N-ethyl adjacent to an activating group) is 1. The lowest BCUT2D eigenvalue weighted by molar-refractivity contribution is 0.0595. The molecule has 22 heavy (non-hydrogen) atoms. The average Bonchev–Trinajstić information content (AvgIpc) is 2.95. The van der Waals surface area contributed by atoms with Gasteiger partial charge in [0.25, 0.3) is 0 Å². The Hall–Kier alpha value is -1.51. The summed E-state index contributed by atoms with van der Waals surface area (Å²) in [6.45, 7) is 0.903. The number of hydrogen-bond acceptors (Lipinski definition) is 5. The minimum Gasteiger partial charge on any atom is -0.465 e. The van der Waals surface area contributed by atoms with Crippen molar-refractivity contribution < 1.29 is 22.3 Å². The summed E-state index contributed by atoms with van der Waals surface area (Å²) in [4.78, 5) is 11.6. The largest absolute Gasteiger partial charge is 0.465 e. The predicted octanol–water partition coefficient (Wildman–Crippen LogP) is 0.985. The first-order chi connectivity index (χ1) is 10.4. The number of nitrogens with zero attached hydrogens (tertiary/aromatic N) is 1. The van der Waals surface area contributed by atoms with E-state index in [0.717, 1.165) is 38.2 Å². The molecule has 8 heteroatoms. The zero-order valence-corrected chi connectivity index (χ0v) is 13.3. The van der Waals surface area contributed by atoms with Crippen LogP contribution in [0, 0.1) is 5.82 Å². The lowest BCUT2D eigenvalue weighted by Crippen LogP contribution is -2.41. The van der Waals surface area contributed by atoms with Gasteiger partial charge in [-0.25, -0.2) is 17.6 Å². The molecular weight excluding hydrogens is 311 g/mol. The minimum atomic E-state index is -3.89. The third-order valence-corrected chi connectivity index (χ3v) is 5.71. The number of carbonyl (C=O) groups excluding carboxylic acids is 1. The Morgan fingerprint density at radius 3 is 2.86 bits per heavy atom. The Balaban J connectivity index is 2.47. The molecule has 0 aromatic heterocycles. The summed E-state index contributed by atoms with van der Waals surface area (Å²) >= 11 is 0. The van der Waals surface area contributed by atoms with Gasteiger partial charge in [0.2, 0.25) is 10.0 Å². The van der Waals surface area contributed by atoms with E-state index in [-0.39, 0.29) is 16.5 Å². The average molecular weight is 330 g/mol. The highest BCUT2D eigenvalue weighted by atomic mass is 32.2. The molecule has 0 amide bonds. The van der Waals surface area contributed by atoms with E-state index >= 15 is 0 Å². The van der Waals surface area contributed by atoms with Crippen LogP contribution in [0.1, 0.15) is 23.2 Å². The number of carbonyl (C=O) groups is 1. The van der Waals surface area contributed by atoms with Crippen molar-refractivity contribution >= 4 is 16.0 Å². The molecule has 1 N–H and O–H groups in total. The fourth-order valence-corrected chi connectivity index (χ4v) is 4.54. The quantitative estimate of drug-likeness (QED) is 0.815. The normalized spacial score (nSPS) is 19.3. The highest BCUT2D eigenvalue weighted by Crippen LogP contribution is 2.28. The summed E-state index contributed by atoms with van der Waals surface area (Å²) in [7, 11) is -1.01. The first kappa shape index (κ1) is 16.9. The van der Waals surface area contributed by atoms with Gasteiger partial charge < -0.3 is 10.1 Å². The SMILES string of the molecule is CNCC1CCCN1S(=O)(=O)c1ccc(F)cc1C(=O)OC. The van der Waals surface area contributed by atoms with Gasteiger partial charge in [0.1, 0.15) is 5.82 Å². The number of halogens is 1. The Bertz CT molecular complexity index is 663. The van der Waals surface area contributed by atoms with Gasteiger partial charge in [-0.1, -0.05) is 0 Å². The molecule has 1 aromatic rings. The van der Waals surface area contributed by atoms with Crippen LogP contribution in [0.2, 0.25) is 0 Å². The van der Waals surface area contributed by atoms with Crippen LogP contribution in [-0.2, 0) is 14.8 Å². The third-order valence-electron chi connectivity index (χ3n) is 3.70. The summed E-state index contributed by atoms with van der Waals surface area (Å²) in [6, 6.07) is 2.86. The molecule has 0 saturated carbocycles. The first-order valence-corrected chi connectivity index (χ1v) is 8.40. The number of nitrogens with one attached hydrogen (secondary N) is 1. The van der Waals surface area contributed by atoms with Gasteiger partial charge in [0.05, 0.1) is 17.6 Å². The molecule has 0 aliphatic carbocycles. The molecule has 0 radical (unpaired) electrons. The van der Waals surface area contributed by atoms with E-state index in [2.05, 4.69) is 10.1 Å². The number of benzene rings is 1. The molecule has 0 bridgehead atoms. The maximum Gasteiger partial charge on any atom is 0.339 e. The van der Waals surface area contributed by atoms with Gasteiger partial charge in [0, 0.05) is 19.1 Å². The van der Waals surface area contributed by atoms with Gasteiger partial charge in [-0.3, -0.25) is 0 Å². The van der Waals surface area contributed by atoms with E-state index in [1.807, 2.05) is 0 Å². The fourth-order valence-electron chi connectivity index (χ4n) is 2.69. The van der Waals surface area contributed by atoms with Crippen LogP contribution < -0.4 is 5.32 Å². The van der Waals surface area contributed by atoms with Crippen molar-refractivity contribution in [2.24, 2.45) is 0 Å². The maximum absolute atomic E-state index is 13.4. The Morgan fingerprint density at radius 2 is 2.23 bits per heavy atom. The number of esters is 1. The second kappa shape index (κ2) is 6.72. The maximum atomic E-state index is 13.4. The van der Waals surface area contributed by atoms with E-state index in [1.165, 1.54) is 4.31 Å². The topological polar surface area (TPSA) is 75.7 Å². The van der Waals surface area contributed by atoms with Crippen molar-refractivity contribution in [1.82, 2.24) is 9.62 Å². The van der Waals surface area contributed by atoms with Crippen LogP contribution in [-0.4, -0.2) is 52.0 Å². The summed E-state index contributed by atoms with van der Waals surface area (Å²) in [5.74, 6) is -1.56. The summed E-state index contributed by atoms with van der Waals surface area (Å²) in [5, 5.41) is 2.96. The number of methoxy groups -OCH3 is 1. The van der Waals surface area contributed by atoms with Crippen LogP contribution >= 0.6 is 0 Å². The van der Waals surface area contributed by atoms with Crippen molar-refractivity contribution in [3.05, 3.63) is 29.6 Å². The minimum absolute atomic E-state index is 0.175. The monoisotopic (exact) mass is 330 g/mol. The molecule has 1 aliphatic rings. The number of ether oxygens (including phenoxy) is 1.